The van der Waals surface area contributed by atoms with E-state index in [0.717, 1.165) is 23.5 Å². The molecule has 1 aromatic heterocycles. The number of aromatic nitrogens is 1. The minimum absolute atomic E-state index is 0.227. The summed E-state index contributed by atoms with van der Waals surface area (Å²) in [5.41, 5.74) is 6.28. The highest BCUT2D eigenvalue weighted by Gasteiger charge is 2.33. The van der Waals surface area contributed by atoms with Crippen LogP contribution in [-0.2, 0) is 11.2 Å². The van der Waals surface area contributed by atoms with Crippen molar-refractivity contribution in [2.24, 2.45) is 11.1 Å². The zero-order valence-electron chi connectivity index (χ0n) is 10.2. The molecule has 0 aliphatic rings. The van der Waals surface area contributed by atoms with Gasteiger partial charge < -0.3 is 5.73 Å². The van der Waals surface area contributed by atoms with E-state index >= 15 is 0 Å². The summed E-state index contributed by atoms with van der Waals surface area (Å²) in [5, 5.41) is 2.97. The van der Waals surface area contributed by atoms with Crippen LogP contribution in [0.25, 0.3) is 0 Å². The van der Waals surface area contributed by atoms with E-state index in [-0.39, 0.29) is 11.2 Å². The minimum Gasteiger partial charge on any atom is -0.329 e. The number of carbonyl (C=O) groups excluding carboxylic acids is 1. The van der Waals surface area contributed by atoms with Crippen LogP contribution in [0.2, 0.25) is 0 Å². The predicted octanol–water partition coefficient (Wildman–Crippen LogP) is 2.33. The van der Waals surface area contributed by atoms with Gasteiger partial charge in [-0.2, -0.15) is 0 Å². The van der Waals surface area contributed by atoms with Gasteiger partial charge in [0, 0.05) is 17.3 Å². The number of Topliss-reactive ketones (excluding diaryl/α,β-unsaturated/α-hetero) is 1. The normalized spacial score (nSPS) is 11.8. The topological polar surface area (TPSA) is 56.0 Å². The van der Waals surface area contributed by atoms with Gasteiger partial charge in [-0.05, 0) is 19.8 Å². The second-order valence-corrected chi connectivity index (χ2v) is 5.21. The lowest BCUT2D eigenvalue weighted by molar-refractivity contribution is -0.128. The molecule has 0 atom stereocenters. The van der Waals surface area contributed by atoms with Crippen molar-refractivity contribution in [2.45, 2.75) is 40.0 Å². The molecule has 0 spiro atoms. The lowest BCUT2D eigenvalue weighted by atomic mass is 9.77. The van der Waals surface area contributed by atoms with E-state index in [9.17, 15) is 4.79 Å². The van der Waals surface area contributed by atoms with Gasteiger partial charge >= 0.3 is 0 Å². The van der Waals surface area contributed by atoms with Gasteiger partial charge in [-0.15, -0.1) is 11.3 Å². The van der Waals surface area contributed by atoms with Crippen LogP contribution in [0, 0.1) is 12.3 Å². The summed E-state index contributed by atoms with van der Waals surface area (Å²) in [6.45, 7) is 6.44. The van der Waals surface area contributed by atoms with E-state index in [0.29, 0.717) is 13.0 Å². The Labute approximate surface area is 101 Å². The molecule has 1 heterocycles. The Bertz CT molecular complexity index is 347. The number of nitrogens with two attached hydrogens (primary N) is 1. The molecular weight excluding hydrogens is 220 g/mol. The fourth-order valence-corrected chi connectivity index (χ4v) is 2.50. The van der Waals surface area contributed by atoms with Gasteiger partial charge in [0.15, 0.2) is 0 Å². The quantitative estimate of drug-likeness (QED) is 0.830. The van der Waals surface area contributed by atoms with Gasteiger partial charge in [0.05, 0.1) is 17.1 Å². The Hall–Kier alpha value is -0.740. The van der Waals surface area contributed by atoms with E-state index in [1.807, 2.05) is 26.2 Å². The fraction of sp³-hybridized carbons (Fsp3) is 0.667. The fourth-order valence-electron chi connectivity index (χ4n) is 1.89. The van der Waals surface area contributed by atoms with Gasteiger partial charge in [-0.3, -0.25) is 4.79 Å². The maximum Gasteiger partial charge on any atom is 0.146 e. The van der Waals surface area contributed by atoms with Gasteiger partial charge in [0.25, 0.3) is 0 Å². The van der Waals surface area contributed by atoms with Gasteiger partial charge in [0.2, 0.25) is 0 Å². The van der Waals surface area contributed by atoms with Crippen LogP contribution in [0.15, 0.2) is 5.38 Å². The van der Waals surface area contributed by atoms with Crippen LogP contribution in [-0.4, -0.2) is 17.3 Å². The Kier molecular flexibility index (Phi) is 4.62. The van der Waals surface area contributed by atoms with Crippen LogP contribution in [0.4, 0.5) is 0 Å². The summed E-state index contributed by atoms with van der Waals surface area (Å²) >= 11 is 1.59. The van der Waals surface area contributed by atoms with E-state index < -0.39 is 0 Å². The molecule has 0 bridgehead atoms. The molecule has 0 aliphatic heterocycles. The number of ketones is 1. The third-order valence-electron chi connectivity index (χ3n) is 3.34. The van der Waals surface area contributed by atoms with Crippen molar-refractivity contribution in [3.8, 4) is 0 Å². The van der Waals surface area contributed by atoms with Crippen LogP contribution in [0.1, 0.15) is 37.4 Å². The molecule has 3 nitrogen and oxygen atoms in total. The van der Waals surface area contributed by atoms with Gasteiger partial charge in [0.1, 0.15) is 5.78 Å². The van der Waals surface area contributed by atoms with Crippen LogP contribution >= 0.6 is 11.3 Å². The largest absolute Gasteiger partial charge is 0.329 e. The maximum absolute atomic E-state index is 12.2. The van der Waals surface area contributed by atoms with Crippen molar-refractivity contribution in [2.75, 3.05) is 6.54 Å². The number of nitrogens with zero attached hydrogens (tertiary/aromatic N) is 1. The monoisotopic (exact) mass is 240 g/mol. The van der Waals surface area contributed by atoms with Crippen molar-refractivity contribution in [1.82, 2.24) is 4.98 Å². The molecule has 0 aliphatic carbocycles. The lowest BCUT2D eigenvalue weighted by Crippen LogP contribution is -2.38. The van der Waals surface area contributed by atoms with Crippen LogP contribution in [0.5, 0.6) is 0 Å². The third kappa shape index (κ3) is 2.68. The predicted molar refractivity (Wildman–Crippen MR) is 67.6 cm³/mol. The smallest absolute Gasteiger partial charge is 0.146 e. The summed E-state index contributed by atoms with van der Waals surface area (Å²) in [5.74, 6) is 0.227. The second kappa shape index (κ2) is 5.55. The van der Waals surface area contributed by atoms with Crippen molar-refractivity contribution >= 4 is 17.1 Å². The third-order valence-corrected chi connectivity index (χ3v) is 4.17. The number of hydrogen-bond donors (Lipinski definition) is 1. The van der Waals surface area contributed by atoms with Crippen molar-refractivity contribution in [3.63, 3.8) is 0 Å². The molecule has 0 amide bonds. The standard InChI is InChI=1S/C12H20N2OS/c1-4-12(5-2,8-13)11(15)6-10-7-16-9(3)14-10/h7H,4-6,8,13H2,1-3H3. The number of hydrogen-bond acceptors (Lipinski definition) is 4. The molecule has 0 unspecified atom stereocenters. The second-order valence-electron chi connectivity index (χ2n) is 4.15. The Morgan fingerprint density at radius 1 is 1.50 bits per heavy atom. The van der Waals surface area contributed by atoms with Crippen molar-refractivity contribution in [1.29, 1.82) is 0 Å². The van der Waals surface area contributed by atoms with Crippen LogP contribution < -0.4 is 5.73 Å². The summed E-state index contributed by atoms with van der Waals surface area (Å²) in [6.07, 6.45) is 2.03. The molecule has 2 N–H and O–H groups in total. The van der Waals surface area contributed by atoms with Crippen LogP contribution in [0.3, 0.4) is 0 Å². The molecule has 0 fully saturated rings. The molecule has 0 saturated heterocycles. The van der Waals surface area contributed by atoms with Gasteiger partial charge in [-0.25, -0.2) is 4.98 Å². The zero-order chi connectivity index (χ0) is 12.2. The molecule has 0 radical (unpaired) electrons. The average molecular weight is 240 g/mol. The highest BCUT2D eigenvalue weighted by molar-refractivity contribution is 7.09. The zero-order valence-corrected chi connectivity index (χ0v) is 11.1. The molecule has 0 saturated carbocycles. The van der Waals surface area contributed by atoms with E-state index in [1.165, 1.54) is 0 Å². The highest BCUT2D eigenvalue weighted by Crippen LogP contribution is 2.27. The Balaban J connectivity index is 2.77. The molecule has 16 heavy (non-hydrogen) atoms. The first kappa shape index (κ1) is 13.3. The Morgan fingerprint density at radius 2 is 2.12 bits per heavy atom. The SMILES string of the molecule is CCC(CC)(CN)C(=O)Cc1csc(C)n1. The molecule has 1 aromatic rings. The molecule has 90 valence electrons. The van der Waals surface area contributed by atoms with E-state index in [4.69, 9.17) is 5.73 Å². The first-order valence-electron chi connectivity index (χ1n) is 5.72. The first-order chi connectivity index (χ1) is 7.57. The average Bonchev–Trinajstić information content (AvgIpc) is 2.67. The van der Waals surface area contributed by atoms with Gasteiger partial charge in [-0.1, -0.05) is 13.8 Å². The molecule has 4 heteroatoms. The van der Waals surface area contributed by atoms with E-state index in [2.05, 4.69) is 4.98 Å². The minimum atomic E-state index is -0.350. The summed E-state index contributed by atoms with van der Waals surface area (Å²) in [4.78, 5) is 16.5. The number of rotatable bonds is 6. The number of thiazole rings is 1. The summed E-state index contributed by atoms with van der Waals surface area (Å²) in [6, 6.07) is 0. The molecule has 1 rings (SSSR count). The maximum atomic E-state index is 12.2. The lowest BCUT2D eigenvalue weighted by Gasteiger charge is -2.28. The highest BCUT2D eigenvalue weighted by atomic mass is 32.1. The van der Waals surface area contributed by atoms with E-state index in [1.54, 1.807) is 11.3 Å². The summed E-state index contributed by atoms with van der Waals surface area (Å²) in [7, 11) is 0. The van der Waals surface area contributed by atoms with Crippen molar-refractivity contribution in [3.05, 3.63) is 16.1 Å². The Morgan fingerprint density at radius 3 is 2.50 bits per heavy atom. The number of carbonyl (C=O) groups is 1. The first-order valence-corrected chi connectivity index (χ1v) is 6.60. The number of aryl methyl sites for hydroxylation is 1. The van der Waals surface area contributed by atoms with Crippen molar-refractivity contribution < 1.29 is 4.79 Å². The molecular formula is C12H20N2OS. The molecule has 0 aromatic carbocycles. The summed E-state index contributed by atoms with van der Waals surface area (Å²) < 4.78 is 0.